The first-order valence-corrected chi connectivity index (χ1v) is 13.3. The molecule has 3 heterocycles. The van der Waals surface area contributed by atoms with E-state index in [1.807, 2.05) is 0 Å². The summed E-state index contributed by atoms with van der Waals surface area (Å²) < 4.78 is 28.5. The normalized spacial score (nSPS) is 33.0. The molecule has 234 valence electrons. The van der Waals surface area contributed by atoms with Gasteiger partial charge in [-0.3, -0.25) is 4.79 Å². The first-order valence-electron chi connectivity index (χ1n) is 13.3. The molecule has 10 atom stereocenters. The van der Waals surface area contributed by atoms with E-state index in [2.05, 4.69) is 0 Å². The molecule has 1 aromatic heterocycles. The number of phenolic OH excluding ortho intramolecular Hbond substituents is 4. The molecule has 0 aliphatic carbocycles. The minimum absolute atomic E-state index is 0.0503. The maximum absolute atomic E-state index is 13.7. The third-order valence-corrected chi connectivity index (χ3v) is 7.63. The number of aromatic hydroxyl groups is 4. The lowest BCUT2D eigenvalue weighted by Gasteiger charge is -2.43. The van der Waals surface area contributed by atoms with Crippen LogP contribution in [-0.2, 0) is 14.2 Å². The average Bonchev–Trinajstić information content (AvgIpc) is 2.96. The number of ether oxygens (including phenoxy) is 4. The van der Waals surface area contributed by atoms with Crippen molar-refractivity contribution in [3.63, 3.8) is 0 Å². The molecular weight excluding hydrogens is 576 g/mol. The second-order valence-electron chi connectivity index (χ2n) is 10.6. The standard InChI is InChI=1S/C28H32O15/c1-9-19(33)21(35)17(8-39-28-24(38)23(37)20(34)10(2)40-28)42-27(9)43-26-22(36)18-15(32)6-12(29)7-16(18)41-25(26)11-3-4-13(30)14(31)5-11/h3-7,9-10,17,19-21,23-24,27-35,37-38H,8H2,1-2H3/t9-,10-,17-,19-,20+,21-,23-,24+,27+,28+/m1/s1. The third-order valence-electron chi connectivity index (χ3n) is 7.63. The van der Waals surface area contributed by atoms with Gasteiger partial charge in [-0.2, -0.15) is 0 Å². The summed E-state index contributed by atoms with van der Waals surface area (Å²) in [5.41, 5.74) is -1.09. The van der Waals surface area contributed by atoms with Crippen LogP contribution in [0.4, 0.5) is 0 Å². The summed E-state index contributed by atoms with van der Waals surface area (Å²) in [6.07, 6.45) is -12.7. The summed E-state index contributed by atoms with van der Waals surface area (Å²) in [4.78, 5) is 13.7. The van der Waals surface area contributed by atoms with Gasteiger partial charge in [-0.25, -0.2) is 0 Å². The van der Waals surface area contributed by atoms with Crippen LogP contribution in [-0.4, -0.2) is 108 Å². The van der Waals surface area contributed by atoms with E-state index in [0.717, 1.165) is 24.3 Å². The lowest BCUT2D eigenvalue weighted by molar-refractivity contribution is -0.313. The molecule has 43 heavy (non-hydrogen) atoms. The number of aliphatic hydroxyl groups excluding tert-OH is 5. The molecule has 15 heteroatoms. The quantitative estimate of drug-likeness (QED) is 0.161. The number of rotatable bonds is 6. The van der Waals surface area contributed by atoms with Crippen LogP contribution in [0.25, 0.3) is 22.3 Å². The smallest absolute Gasteiger partial charge is 0.239 e. The second-order valence-corrected chi connectivity index (χ2v) is 10.6. The number of aliphatic hydroxyl groups is 5. The highest BCUT2D eigenvalue weighted by atomic mass is 16.7. The Morgan fingerprint density at radius 3 is 2.19 bits per heavy atom. The number of hydrogen-bond donors (Lipinski definition) is 9. The Kier molecular flexibility index (Phi) is 8.43. The van der Waals surface area contributed by atoms with Gasteiger partial charge in [-0.1, -0.05) is 6.92 Å². The van der Waals surface area contributed by atoms with E-state index in [1.165, 1.54) is 19.9 Å². The van der Waals surface area contributed by atoms with Crippen molar-refractivity contribution < 1.29 is 69.3 Å². The van der Waals surface area contributed by atoms with E-state index in [0.29, 0.717) is 0 Å². The molecule has 2 saturated heterocycles. The van der Waals surface area contributed by atoms with Crippen LogP contribution in [0.15, 0.2) is 39.5 Å². The van der Waals surface area contributed by atoms with E-state index in [1.54, 1.807) is 0 Å². The monoisotopic (exact) mass is 608 g/mol. The number of hydrogen-bond acceptors (Lipinski definition) is 15. The Balaban J connectivity index is 1.48. The fraction of sp³-hybridized carbons (Fsp3) is 0.464. The molecule has 0 saturated carbocycles. The van der Waals surface area contributed by atoms with Crippen molar-refractivity contribution in [2.24, 2.45) is 5.92 Å². The zero-order chi connectivity index (χ0) is 31.3. The van der Waals surface area contributed by atoms with Gasteiger partial charge in [-0.05, 0) is 25.1 Å². The van der Waals surface area contributed by atoms with E-state index in [-0.39, 0.29) is 22.3 Å². The van der Waals surface area contributed by atoms with E-state index in [4.69, 9.17) is 23.4 Å². The molecule has 3 aromatic rings. The maximum Gasteiger partial charge on any atom is 0.239 e. The highest BCUT2D eigenvalue weighted by Crippen LogP contribution is 2.40. The summed E-state index contributed by atoms with van der Waals surface area (Å²) in [5, 5.41) is 91.5. The molecule has 2 aliphatic heterocycles. The number of phenols is 4. The molecule has 2 aliphatic rings. The molecule has 0 spiro atoms. The van der Waals surface area contributed by atoms with Crippen molar-refractivity contribution in [1.82, 2.24) is 0 Å². The van der Waals surface area contributed by atoms with Crippen LogP contribution in [0.2, 0.25) is 0 Å². The van der Waals surface area contributed by atoms with E-state index in [9.17, 15) is 50.8 Å². The summed E-state index contributed by atoms with van der Waals surface area (Å²) in [6, 6.07) is 5.51. The fourth-order valence-corrected chi connectivity index (χ4v) is 5.03. The van der Waals surface area contributed by atoms with E-state index < -0.39 is 102 Å². The minimum Gasteiger partial charge on any atom is -0.508 e. The van der Waals surface area contributed by atoms with Crippen LogP contribution in [0.5, 0.6) is 28.7 Å². The zero-order valence-corrected chi connectivity index (χ0v) is 22.8. The van der Waals surface area contributed by atoms with Crippen molar-refractivity contribution in [2.75, 3.05) is 6.61 Å². The van der Waals surface area contributed by atoms with Gasteiger partial charge in [0.25, 0.3) is 0 Å². The van der Waals surface area contributed by atoms with Crippen LogP contribution in [0.1, 0.15) is 13.8 Å². The van der Waals surface area contributed by atoms with Crippen molar-refractivity contribution in [1.29, 1.82) is 0 Å². The second kappa shape index (κ2) is 11.8. The Hall–Kier alpha value is -3.67. The van der Waals surface area contributed by atoms with Gasteiger partial charge in [0.2, 0.25) is 17.5 Å². The minimum atomic E-state index is -1.64. The molecule has 2 aromatic carbocycles. The van der Waals surface area contributed by atoms with Crippen LogP contribution in [0, 0.1) is 5.92 Å². The van der Waals surface area contributed by atoms with Gasteiger partial charge in [-0.15, -0.1) is 0 Å². The largest absolute Gasteiger partial charge is 0.508 e. The van der Waals surface area contributed by atoms with Crippen LogP contribution in [0.3, 0.4) is 0 Å². The molecule has 2 fully saturated rings. The predicted molar refractivity (Wildman–Crippen MR) is 143 cm³/mol. The molecule has 0 unspecified atom stereocenters. The Bertz CT molecular complexity index is 1540. The molecule has 0 radical (unpaired) electrons. The molecule has 5 rings (SSSR count). The Morgan fingerprint density at radius 2 is 1.49 bits per heavy atom. The molecule has 0 bridgehead atoms. The lowest BCUT2D eigenvalue weighted by Crippen LogP contribution is -2.59. The van der Waals surface area contributed by atoms with Crippen molar-refractivity contribution in [3.8, 4) is 40.1 Å². The highest BCUT2D eigenvalue weighted by Gasteiger charge is 2.46. The predicted octanol–water partition coefficient (Wildman–Crippen LogP) is -0.412. The van der Waals surface area contributed by atoms with Gasteiger partial charge in [0, 0.05) is 23.6 Å². The van der Waals surface area contributed by atoms with E-state index >= 15 is 0 Å². The average molecular weight is 609 g/mol. The summed E-state index contributed by atoms with van der Waals surface area (Å²) in [6.45, 7) is 2.43. The number of fused-ring (bicyclic) bond motifs is 1. The molecule has 0 amide bonds. The van der Waals surface area contributed by atoms with Gasteiger partial charge in [0.05, 0.1) is 18.8 Å². The van der Waals surface area contributed by atoms with Crippen molar-refractivity contribution >= 4 is 11.0 Å². The van der Waals surface area contributed by atoms with Gasteiger partial charge in [0.1, 0.15) is 53.0 Å². The molecular formula is C28H32O15. The maximum atomic E-state index is 13.7. The van der Waals surface area contributed by atoms with Gasteiger partial charge >= 0.3 is 0 Å². The number of benzene rings is 2. The Labute approximate surface area is 242 Å². The van der Waals surface area contributed by atoms with Gasteiger partial charge < -0.3 is 69.3 Å². The van der Waals surface area contributed by atoms with Crippen molar-refractivity contribution in [3.05, 3.63) is 40.6 Å². The summed E-state index contributed by atoms with van der Waals surface area (Å²) >= 11 is 0. The SMILES string of the molecule is C[C@H]1[C@H](Oc2c(-c3ccc(O)c(O)c3)oc3cc(O)cc(O)c3c2=O)O[C@H](CO[C@H]2O[C@H](C)[C@H](O)[C@@H](O)[C@@H]2O)[C@@H](O)[C@@H]1O. The highest BCUT2D eigenvalue weighted by molar-refractivity contribution is 5.88. The molecule has 15 nitrogen and oxygen atoms in total. The van der Waals surface area contributed by atoms with Crippen LogP contribution >= 0.6 is 0 Å². The molecule has 9 N–H and O–H groups in total. The first kappa shape index (κ1) is 30.8. The third kappa shape index (κ3) is 5.69. The zero-order valence-electron chi connectivity index (χ0n) is 22.8. The summed E-state index contributed by atoms with van der Waals surface area (Å²) in [7, 11) is 0. The topological polar surface area (TPSA) is 249 Å². The van der Waals surface area contributed by atoms with Crippen molar-refractivity contribution in [2.45, 2.75) is 69.2 Å². The summed E-state index contributed by atoms with van der Waals surface area (Å²) in [5.74, 6) is -3.84. The first-order chi connectivity index (χ1) is 20.3. The Morgan fingerprint density at radius 1 is 0.767 bits per heavy atom. The van der Waals surface area contributed by atoms with Crippen LogP contribution < -0.4 is 10.2 Å². The van der Waals surface area contributed by atoms with Gasteiger partial charge in [0.15, 0.2) is 23.5 Å². The lowest BCUT2D eigenvalue weighted by atomic mass is 9.92. The fourth-order valence-electron chi connectivity index (χ4n) is 5.03.